The topological polar surface area (TPSA) is 70.0 Å². The second-order valence-electron chi connectivity index (χ2n) is 7.99. The lowest BCUT2D eigenvalue weighted by Crippen LogP contribution is -2.59. The lowest BCUT2D eigenvalue weighted by Gasteiger charge is -2.49. The second-order valence-corrected chi connectivity index (χ2v) is 7.99. The smallest absolute Gasteiger partial charge is 0.140 e. The summed E-state index contributed by atoms with van der Waals surface area (Å²) in [5.74, 6) is 0.503. The van der Waals surface area contributed by atoms with Crippen LogP contribution in [-0.2, 0) is 9.63 Å². The summed E-state index contributed by atoms with van der Waals surface area (Å²) in [6, 6.07) is 0.114. The van der Waals surface area contributed by atoms with Crippen LogP contribution in [0, 0.1) is 22.7 Å². The van der Waals surface area contributed by atoms with Gasteiger partial charge in [-0.05, 0) is 31.6 Å². The highest BCUT2D eigenvalue weighted by Crippen LogP contribution is 2.74. The third-order valence-corrected chi connectivity index (χ3v) is 7.44. The van der Waals surface area contributed by atoms with E-state index >= 15 is 0 Å². The number of nitrogens with zero attached hydrogens (tertiary/aromatic N) is 1. The maximum absolute atomic E-state index is 13.1. The first kappa shape index (κ1) is 13.0. The van der Waals surface area contributed by atoms with E-state index in [1.54, 1.807) is 0 Å². The molecule has 3 saturated carbocycles. The Bertz CT molecular complexity index is 524. The van der Waals surface area contributed by atoms with Crippen molar-refractivity contribution in [3.8, 4) is 0 Å². The van der Waals surface area contributed by atoms with Crippen LogP contribution >= 0.6 is 0 Å². The number of piperidine rings is 1. The summed E-state index contributed by atoms with van der Waals surface area (Å²) in [7, 11) is 0. The molecule has 5 fully saturated rings. The van der Waals surface area contributed by atoms with Gasteiger partial charge in [0.25, 0.3) is 0 Å². The third-order valence-electron chi connectivity index (χ3n) is 7.44. The van der Waals surface area contributed by atoms with Gasteiger partial charge < -0.3 is 10.2 Å². The van der Waals surface area contributed by atoms with Crippen LogP contribution in [0.3, 0.4) is 0 Å². The fraction of sp³-hybridized carbons (Fsp3) is 0.938. The van der Waals surface area contributed by atoms with E-state index in [0.717, 1.165) is 32.2 Å². The van der Waals surface area contributed by atoms with Crippen molar-refractivity contribution < 1.29 is 19.8 Å². The van der Waals surface area contributed by atoms with Crippen LogP contribution in [-0.4, -0.2) is 52.0 Å². The molecular weight excluding hydrogens is 270 g/mol. The molecule has 5 heteroatoms. The summed E-state index contributed by atoms with van der Waals surface area (Å²) in [5, 5.41) is 23.7. The molecule has 5 nitrogen and oxygen atoms in total. The second kappa shape index (κ2) is 3.70. The summed E-state index contributed by atoms with van der Waals surface area (Å²) < 4.78 is 0. The first-order valence-corrected chi connectivity index (χ1v) is 8.36. The fourth-order valence-electron chi connectivity index (χ4n) is 6.97. The van der Waals surface area contributed by atoms with Gasteiger partial charge >= 0.3 is 0 Å². The molecule has 2 heterocycles. The Morgan fingerprint density at radius 1 is 1.33 bits per heavy atom. The largest absolute Gasteiger partial charge is 0.390 e. The van der Waals surface area contributed by atoms with Gasteiger partial charge in [-0.1, -0.05) is 6.92 Å². The average Bonchev–Trinajstić information content (AvgIpc) is 3.14. The fourth-order valence-corrected chi connectivity index (χ4v) is 6.97. The molecular formula is C16H23NO4. The molecule has 5 rings (SSSR count). The van der Waals surface area contributed by atoms with Crippen molar-refractivity contribution in [1.29, 1.82) is 0 Å². The van der Waals surface area contributed by atoms with Crippen LogP contribution in [0.25, 0.3) is 0 Å². The summed E-state index contributed by atoms with van der Waals surface area (Å²) in [6.07, 6.45) is 2.37. The molecule has 9 atom stereocenters. The number of carbonyl (C=O) groups is 1. The number of aliphatic hydroxyl groups is 2. The molecule has 2 bridgehead atoms. The number of hydrogen-bond donors (Lipinski definition) is 2. The van der Waals surface area contributed by atoms with Gasteiger partial charge in [-0.2, -0.15) is 5.06 Å². The molecule has 0 amide bonds. The van der Waals surface area contributed by atoms with Crippen LogP contribution in [0.5, 0.6) is 0 Å². The van der Waals surface area contributed by atoms with E-state index < -0.39 is 23.0 Å². The molecule has 116 valence electrons. The van der Waals surface area contributed by atoms with E-state index in [0.29, 0.717) is 12.3 Å². The summed E-state index contributed by atoms with van der Waals surface area (Å²) >= 11 is 0. The van der Waals surface area contributed by atoms with Gasteiger partial charge in [0, 0.05) is 30.3 Å². The highest BCUT2D eigenvalue weighted by atomic mass is 16.7. The highest BCUT2D eigenvalue weighted by molar-refractivity contribution is 5.89. The summed E-state index contributed by atoms with van der Waals surface area (Å²) in [4.78, 5) is 19.1. The maximum Gasteiger partial charge on any atom is 0.140 e. The SMILES string of the molecule is CC1CC(=O)C23CCC4N5CCC(O5)C42C(O)C(O)C3C1. The van der Waals surface area contributed by atoms with Crippen molar-refractivity contribution in [1.82, 2.24) is 5.06 Å². The molecule has 0 aromatic rings. The predicted molar refractivity (Wildman–Crippen MR) is 73.0 cm³/mol. The number of aliphatic hydroxyl groups excluding tert-OH is 2. The van der Waals surface area contributed by atoms with Crippen LogP contribution in [0.4, 0.5) is 0 Å². The Balaban J connectivity index is 1.73. The van der Waals surface area contributed by atoms with Crippen LogP contribution in [0.1, 0.15) is 39.0 Å². The van der Waals surface area contributed by atoms with E-state index in [4.69, 9.17) is 4.84 Å². The maximum atomic E-state index is 13.1. The zero-order chi connectivity index (χ0) is 14.6. The van der Waals surface area contributed by atoms with Crippen molar-refractivity contribution in [2.45, 2.75) is 63.4 Å². The van der Waals surface area contributed by atoms with E-state index in [1.807, 2.05) is 5.06 Å². The van der Waals surface area contributed by atoms with E-state index in [9.17, 15) is 15.0 Å². The minimum atomic E-state index is -0.820. The molecule has 0 radical (unpaired) electrons. The molecule has 21 heavy (non-hydrogen) atoms. The Labute approximate surface area is 124 Å². The van der Waals surface area contributed by atoms with E-state index in [2.05, 4.69) is 6.92 Å². The van der Waals surface area contributed by atoms with Crippen LogP contribution in [0.15, 0.2) is 0 Å². The standard InChI is InChI=1S/C16H23NO4/c1-8-6-9-13(19)14(20)16-10(17-5-3-12(16)21-17)2-4-15(9,16)11(18)7-8/h8-10,12-14,19-20H,2-7H2,1H3. The number of hydrogen-bond acceptors (Lipinski definition) is 5. The number of rotatable bonds is 0. The normalized spacial score (nSPS) is 64.5. The van der Waals surface area contributed by atoms with Crippen LogP contribution < -0.4 is 0 Å². The summed E-state index contributed by atoms with van der Waals surface area (Å²) in [6.45, 7) is 2.98. The molecule has 0 aromatic carbocycles. The predicted octanol–water partition coefficient (Wildman–Crippen LogP) is 0.492. The van der Waals surface area contributed by atoms with Crippen molar-refractivity contribution in [3.63, 3.8) is 0 Å². The van der Waals surface area contributed by atoms with Crippen molar-refractivity contribution in [2.24, 2.45) is 22.7 Å². The lowest BCUT2D eigenvalue weighted by molar-refractivity contribution is -0.152. The van der Waals surface area contributed by atoms with Gasteiger partial charge in [-0.15, -0.1) is 0 Å². The third kappa shape index (κ3) is 1.11. The Kier molecular flexibility index (Phi) is 2.29. The zero-order valence-corrected chi connectivity index (χ0v) is 12.4. The van der Waals surface area contributed by atoms with Gasteiger partial charge in [0.15, 0.2) is 0 Å². The van der Waals surface area contributed by atoms with Gasteiger partial charge in [-0.25, -0.2) is 0 Å². The molecule has 9 unspecified atom stereocenters. The summed E-state index contributed by atoms with van der Waals surface area (Å²) in [5.41, 5.74) is -1.09. The molecule has 0 aromatic heterocycles. The minimum Gasteiger partial charge on any atom is -0.390 e. The minimum absolute atomic E-state index is 0.0853. The first-order chi connectivity index (χ1) is 10.0. The van der Waals surface area contributed by atoms with Gasteiger partial charge in [0.05, 0.1) is 23.7 Å². The van der Waals surface area contributed by atoms with Crippen molar-refractivity contribution >= 4 is 5.78 Å². The molecule has 5 aliphatic rings. The first-order valence-electron chi connectivity index (χ1n) is 8.36. The molecule has 2 spiro atoms. The number of ketones is 1. The van der Waals surface area contributed by atoms with Gasteiger partial charge in [0.2, 0.25) is 0 Å². The molecule has 2 N–H and O–H groups in total. The zero-order valence-electron chi connectivity index (χ0n) is 12.4. The molecule has 2 aliphatic heterocycles. The molecule has 3 aliphatic carbocycles. The van der Waals surface area contributed by atoms with Gasteiger partial charge in [0.1, 0.15) is 5.78 Å². The van der Waals surface area contributed by atoms with Crippen molar-refractivity contribution in [3.05, 3.63) is 0 Å². The monoisotopic (exact) mass is 293 g/mol. The highest BCUT2D eigenvalue weighted by Gasteiger charge is 2.83. The number of fused-ring (bicyclic) bond motifs is 3. The quantitative estimate of drug-likeness (QED) is 0.680. The Morgan fingerprint density at radius 2 is 2.14 bits per heavy atom. The van der Waals surface area contributed by atoms with Gasteiger partial charge in [-0.3, -0.25) is 9.63 Å². The average molecular weight is 293 g/mol. The lowest BCUT2D eigenvalue weighted by atomic mass is 9.53. The van der Waals surface area contributed by atoms with Crippen LogP contribution in [0.2, 0.25) is 0 Å². The number of Topliss-reactive ketones (excluding diaryl/α,β-unsaturated/α-hetero) is 1. The Hall–Kier alpha value is -0.490. The van der Waals surface area contributed by atoms with Crippen molar-refractivity contribution in [2.75, 3.05) is 6.54 Å². The van der Waals surface area contributed by atoms with E-state index in [-0.39, 0.29) is 23.8 Å². The van der Waals surface area contributed by atoms with E-state index in [1.165, 1.54) is 0 Å². The number of hydroxylamine groups is 2. The number of carbonyl (C=O) groups excluding carboxylic acids is 1. The molecule has 2 saturated heterocycles. The Morgan fingerprint density at radius 3 is 2.95 bits per heavy atom.